The first kappa shape index (κ1) is 16.0. The summed E-state index contributed by atoms with van der Waals surface area (Å²) in [5, 5.41) is 15.7. The van der Waals surface area contributed by atoms with Crippen molar-refractivity contribution in [3.05, 3.63) is 55.8 Å². The summed E-state index contributed by atoms with van der Waals surface area (Å²) in [6.07, 6.45) is 0. The highest BCUT2D eigenvalue weighted by Gasteiger charge is 2.16. The zero-order valence-corrected chi connectivity index (χ0v) is 13.1. The summed E-state index contributed by atoms with van der Waals surface area (Å²) in [6, 6.07) is 6.61. The van der Waals surface area contributed by atoms with Crippen LogP contribution in [0.2, 0.25) is 0 Å². The van der Waals surface area contributed by atoms with Gasteiger partial charge in [-0.1, -0.05) is 6.07 Å². The number of nitro groups is 1. The lowest BCUT2D eigenvalue weighted by Crippen LogP contribution is -2.28. The van der Waals surface area contributed by atoms with Gasteiger partial charge in [0.15, 0.2) is 12.4 Å². The maximum Gasteiger partial charge on any atom is 0.311 e. The molecule has 0 aliphatic carbocycles. The van der Waals surface area contributed by atoms with Gasteiger partial charge >= 0.3 is 5.69 Å². The van der Waals surface area contributed by atoms with Crippen molar-refractivity contribution in [3.8, 4) is 5.75 Å². The quantitative estimate of drug-likeness (QED) is 0.655. The van der Waals surface area contributed by atoms with Crippen molar-refractivity contribution in [1.29, 1.82) is 0 Å². The topological polar surface area (TPSA) is 81.5 Å². The van der Waals surface area contributed by atoms with Crippen molar-refractivity contribution < 1.29 is 14.5 Å². The summed E-state index contributed by atoms with van der Waals surface area (Å²) < 4.78 is 5.27. The van der Waals surface area contributed by atoms with Crippen LogP contribution in [-0.2, 0) is 11.3 Å². The second-order valence-corrected chi connectivity index (χ2v) is 5.82. The van der Waals surface area contributed by atoms with Gasteiger partial charge < -0.3 is 10.1 Å². The molecule has 1 amide bonds. The first-order chi connectivity index (χ1) is 10.5. The van der Waals surface area contributed by atoms with Crippen LogP contribution >= 0.6 is 11.3 Å². The second-order valence-electron chi connectivity index (χ2n) is 4.82. The van der Waals surface area contributed by atoms with Crippen LogP contribution in [0.4, 0.5) is 5.69 Å². The smallest absolute Gasteiger partial charge is 0.311 e. The number of rotatable bonds is 6. The van der Waals surface area contributed by atoms with Gasteiger partial charge in [-0.15, -0.1) is 11.3 Å². The van der Waals surface area contributed by atoms with Crippen molar-refractivity contribution >= 4 is 22.9 Å². The molecule has 0 saturated heterocycles. The molecule has 0 saturated carbocycles. The standard InChI is InChI=1S/C15H16N2O4S/c1-10-3-4-13(12(7-10)17(19)20)21-9-15(18)16-8-14-11(2)5-6-22-14/h3-7H,8-9H2,1-2H3,(H,16,18). The molecule has 1 N–H and O–H groups in total. The van der Waals surface area contributed by atoms with E-state index in [1.807, 2.05) is 18.4 Å². The van der Waals surface area contributed by atoms with Crippen LogP contribution in [0, 0.1) is 24.0 Å². The SMILES string of the molecule is Cc1ccc(OCC(=O)NCc2sccc2C)c([N+](=O)[O-])c1. The molecular weight excluding hydrogens is 304 g/mol. The predicted molar refractivity (Wildman–Crippen MR) is 84.2 cm³/mol. The number of amides is 1. The Morgan fingerprint density at radius 3 is 2.77 bits per heavy atom. The highest BCUT2D eigenvalue weighted by atomic mass is 32.1. The Morgan fingerprint density at radius 2 is 2.14 bits per heavy atom. The Bertz CT molecular complexity index is 697. The van der Waals surface area contributed by atoms with E-state index in [0.717, 1.165) is 16.0 Å². The zero-order chi connectivity index (χ0) is 16.1. The third-order valence-electron chi connectivity index (χ3n) is 3.08. The number of carbonyl (C=O) groups is 1. The number of hydrogen-bond donors (Lipinski definition) is 1. The molecule has 0 atom stereocenters. The van der Waals surface area contributed by atoms with Crippen LogP contribution < -0.4 is 10.1 Å². The van der Waals surface area contributed by atoms with E-state index in [4.69, 9.17) is 4.74 Å². The summed E-state index contributed by atoms with van der Waals surface area (Å²) >= 11 is 1.57. The normalized spacial score (nSPS) is 10.3. The number of nitro benzene ring substituents is 1. The summed E-state index contributed by atoms with van der Waals surface area (Å²) in [6.45, 7) is 3.91. The summed E-state index contributed by atoms with van der Waals surface area (Å²) in [7, 11) is 0. The average molecular weight is 320 g/mol. The minimum absolute atomic E-state index is 0.0954. The van der Waals surface area contributed by atoms with E-state index in [1.165, 1.54) is 12.1 Å². The molecule has 0 radical (unpaired) electrons. The van der Waals surface area contributed by atoms with Gasteiger partial charge in [0, 0.05) is 10.9 Å². The van der Waals surface area contributed by atoms with Crippen molar-refractivity contribution in [3.63, 3.8) is 0 Å². The van der Waals surface area contributed by atoms with Crippen LogP contribution in [-0.4, -0.2) is 17.4 Å². The molecule has 0 aliphatic rings. The maximum atomic E-state index is 11.8. The molecule has 2 aromatic rings. The minimum Gasteiger partial charge on any atom is -0.477 e. The van der Waals surface area contributed by atoms with Crippen molar-refractivity contribution in [1.82, 2.24) is 5.32 Å². The molecular formula is C15H16N2O4S. The molecule has 1 heterocycles. The zero-order valence-electron chi connectivity index (χ0n) is 12.3. The predicted octanol–water partition coefficient (Wildman–Crippen LogP) is 2.97. The second kappa shape index (κ2) is 7.04. The minimum atomic E-state index is -0.519. The number of nitrogens with one attached hydrogen (secondary N) is 1. The molecule has 0 unspecified atom stereocenters. The van der Waals surface area contributed by atoms with Gasteiger partial charge in [0.25, 0.3) is 5.91 Å². The lowest BCUT2D eigenvalue weighted by Gasteiger charge is -2.08. The number of hydrogen-bond acceptors (Lipinski definition) is 5. The van der Waals surface area contributed by atoms with Crippen LogP contribution in [0.3, 0.4) is 0 Å². The van der Waals surface area contributed by atoms with Gasteiger partial charge in [-0.25, -0.2) is 0 Å². The van der Waals surface area contributed by atoms with Gasteiger partial charge in [0.1, 0.15) is 0 Å². The van der Waals surface area contributed by atoms with Gasteiger partial charge in [-0.2, -0.15) is 0 Å². The van der Waals surface area contributed by atoms with E-state index in [9.17, 15) is 14.9 Å². The lowest BCUT2D eigenvalue weighted by atomic mass is 10.2. The fourth-order valence-electron chi connectivity index (χ4n) is 1.85. The summed E-state index contributed by atoms with van der Waals surface area (Å²) in [5.74, 6) is -0.222. The lowest BCUT2D eigenvalue weighted by molar-refractivity contribution is -0.385. The summed E-state index contributed by atoms with van der Waals surface area (Å²) in [4.78, 5) is 23.3. The Balaban J connectivity index is 1.91. The largest absolute Gasteiger partial charge is 0.477 e. The Hall–Kier alpha value is -2.41. The van der Waals surface area contributed by atoms with E-state index >= 15 is 0 Å². The number of benzene rings is 1. The molecule has 0 spiro atoms. The van der Waals surface area contributed by atoms with Gasteiger partial charge in [0.05, 0.1) is 11.5 Å². The monoisotopic (exact) mass is 320 g/mol. The fraction of sp³-hybridized carbons (Fsp3) is 0.267. The number of carbonyl (C=O) groups excluding carboxylic acids is 1. The maximum absolute atomic E-state index is 11.8. The summed E-state index contributed by atoms with van der Waals surface area (Å²) in [5.41, 5.74) is 1.75. The van der Waals surface area contributed by atoms with E-state index in [-0.39, 0.29) is 24.0 Å². The van der Waals surface area contributed by atoms with Crippen molar-refractivity contribution in [2.24, 2.45) is 0 Å². The van der Waals surface area contributed by atoms with Crippen LogP contribution in [0.5, 0.6) is 5.75 Å². The van der Waals surface area contributed by atoms with Gasteiger partial charge in [0.2, 0.25) is 0 Å². The number of aryl methyl sites for hydroxylation is 2. The van der Waals surface area contributed by atoms with Gasteiger partial charge in [-0.3, -0.25) is 14.9 Å². The van der Waals surface area contributed by atoms with Crippen LogP contribution in [0.25, 0.3) is 0 Å². The van der Waals surface area contributed by atoms with Gasteiger partial charge in [-0.05, 0) is 42.5 Å². The molecule has 116 valence electrons. The Labute approximate surface area is 131 Å². The van der Waals surface area contributed by atoms with E-state index in [2.05, 4.69) is 5.32 Å². The molecule has 7 heteroatoms. The van der Waals surface area contributed by atoms with Crippen LogP contribution in [0.15, 0.2) is 29.6 Å². The molecule has 0 aliphatic heterocycles. The molecule has 1 aromatic carbocycles. The van der Waals surface area contributed by atoms with E-state index in [0.29, 0.717) is 6.54 Å². The van der Waals surface area contributed by atoms with Crippen molar-refractivity contribution in [2.75, 3.05) is 6.61 Å². The molecule has 6 nitrogen and oxygen atoms in total. The molecule has 1 aromatic heterocycles. The van der Waals surface area contributed by atoms with Crippen molar-refractivity contribution in [2.45, 2.75) is 20.4 Å². The Kier molecular flexibility index (Phi) is 5.11. The highest BCUT2D eigenvalue weighted by molar-refractivity contribution is 7.10. The fourth-order valence-corrected chi connectivity index (χ4v) is 2.70. The molecule has 2 rings (SSSR count). The van der Waals surface area contributed by atoms with E-state index in [1.54, 1.807) is 24.3 Å². The average Bonchev–Trinajstić information content (AvgIpc) is 2.89. The number of thiophene rings is 1. The molecule has 0 fully saturated rings. The Morgan fingerprint density at radius 1 is 1.36 bits per heavy atom. The molecule has 0 bridgehead atoms. The molecule has 22 heavy (non-hydrogen) atoms. The van der Waals surface area contributed by atoms with E-state index < -0.39 is 4.92 Å². The first-order valence-corrected chi connectivity index (χ1v) is 7.53. The third kappa shape index (κ3) is 4.05. The highest BCUT2D eigenvalue weighted by Crippen LogP contribution is 2.27. The number of nitrogens with zero attached hydrogens (tertiary/aromatic N) is 1. The third-order valence-corrected chi connectivity index (χ3v) is 4.11. The first-order valence-electron chi connectivity index (χ1n) is 6.65. The van der Waals surface area contributed by atoms with Crippen LogP contribution in [0.1, 0.15) is 16.0 Å². The number of ether oxygens (including phenoxy) is 1.